The Morgan fingerprint density at radius 3 is 2.69 bits per heavy atom. The van der Waals surface area contributed by atoms with Crippen LogP contribution in [0.4, 0.5) is 8.78 Å². The molecule has 3 aromatic rings. The van der Waals surface area contributed by atoms with Crippen LogP contribution in [0.1, 0.15) is 11.5 Å². The molecule has 9 heteroatoms. The smallest absolute Gasteiger partial charge is 0.387 e. The lowest BCUT2D eigenvalue weighted by Crippen LogP contribution is -2.03. The number of carbonyl (C=O) groups excluding carboxylic acids is 1. The number of halogens is 2. The van der Waals surface area contributed by atoms with E-state index in [0.29, 0.717) is 11.4 Å². The van der Waals surface area contributed by atoms with E-state index in [1.54, 1.807) is 0 Å². The molecule has 3 rings (SSSR count). The van der Waals surface area contributed by atoms with E-state index in [9.17, 15) is 13.6 Å². The zero-order valence-electron chi connectivity index (χ0n) is 15.2. The van der Waals surface area contributed by atoms with E-state index in [2.05, 4.69) is 14.9 Å². The molecule has 0 spiro atoms. The van der Waals surface area contributed by atoms with Crippen molar-refractivity contribution in [2.45, 2.75) is 13.2 Å². The van der Waals surface area contributed by atoms with E-state index in [1.165, 1.54) is 37.5 Å². The lowest BCUT2D eigenvalue weighted by molar-refractivity contribution is -0.139. The van der Waals surface area contributed by atoms with Crippen LogP contribution in [0.25, 0.3) is 17.5 Å². The maximum absolute atomic E-state index is 12.3. The van der Waals surface area contributed by atoms with Crippen molar-refractivity contribution in [2.75, 3.05) is 7.11 Å². The quantitative estimate of drug-likeness (QED) is 0.414. The first-order valence-electron chi connectivity index (χ1n) is 8.41. The molecule has 1 aromatic heterocycles. The normalized spacial score (nSPS) is 11.0. The first-order valence-corrected chi connectivity index (χ1v) is 8.41. The first kappa shape index (κ1) is 20.0. The molecule has 0 radical (unpaired) electrons. The second kappa shape index (κ2) is 9.45. The number of ether oxygens (including phenoxy) is 3. The van der Waals surface area contributed by atoms with E-state index in [0.717, 1.165) is 5.56 Å². The molecule has 2 aromatic carbocycles. The molecule has 0 aliphatic rings. The Balaban J connectivity index is 1.57. The van der Waals surface area contributed by atoms with E-state index in [1.807, 2.05) is 30.3 Å². The molecule has 0 bridgehead atoms. The Bertz CT molecular complexity index is 990. The van der Waals surface area contributed by atoms with Gasteiger partial charge >= 0.3 is 12.6 Å². The lowest BCUT2D eigenvalue weighted by Gasteiger charge is -2.10. The van der Waals surface area contributed by atoms with Crippen LogP contribution in [0, 0.1) is 0 Å². The highest BCUT2D eigenvalue weighted by atomic mass is 19.3. The summed E-state index contributed by atoms with van der Waals surface area (Å²) in [4.78, 5) is 16.0. The van der Waals surface area contributed by atoms with Gasteiger partial charge in [-0.2, -0.15) is 13.8 Å². The highest BCUT2D eigenvalue weighted by Gasteiger charge is 2.11. The minimum atomic E-state index is -2.97. The minimum absolute atomic E-state index is 0.104. The summed E-state index contributed by atoms with van der Waals surface area (Å²) >= 11 is 0. The average Bonchev–Trinajstić information content (AvgIpc) is 3.21. The fourth-order valence-corrected chi connectivity index (χ4v) is 2.34. The lowest BCUT2D eigenvalue weighted by atomic mass is 10.2. The summed E-state index contributed by atoms with van der Waals surface area (Å²) in [5, 5.41) is 3.83. The monoisotopic (exact) mass is 402 g/mol. The maximum atomic E-state index is 12.3. The fourth-order valence-electron chi connectivity index (χ4n) is 2.34. The van der Waals surface area contributed by atoms with Crippen LogP contribution in [-0.2, 0) is 16.1 Å². The van der Waals surface area contributed by atoms with E-state index < -0.39 is 12.6 Å². The van der Waals surface area contributed by atoms with Crippen molar-refractivity contribution in [2.24, 2.45) is 0 Å². The Hall–Kier alpha value is -3.75. The summed E-state index contributed by atoms with van der Waals surface area (Å²) in [5.74, 6) is -0.0875. The number of alkyl halides is 2. The summed E-state index contributed by atoms with van der Waals surface area (Å²) in [6, 6.07) is 13.5. The number of carbonyl (C=O) groups is 1. The van der Waals surface area contributed by atoms with Gasteiger partial charge in [0.2, 0.25) is 5.82 Å². The number of benzene rings is 2. The van der Waals surface area contributed by atoms with E-state index in [-0.39, 0.29) is 24.0 Å². The average molecular weight is 402 g/mol. The van der Waals surface area contributed by atoms with Gasteiger partial charge in [0.15, 0.2) is 18.1 Å². The van der Waals surface area contributed by atoms with Crippen LogP contribution in [0.15, 0.2) is 59.1 Å². The molecular formula is C20H16F2N2O5. The Kier molecular flexibility index (Phi) is 6.51. The van der Waals surface area contributed by atoms with Crippen LogP contribution in [0.2, 0.25) is 0 Å². The molecule has 0 N–H and O–H groups in total. The topological polar surface area (TPSA) is 83.7 Å². The summed E-state index contributed by atoms with van der Waals surface area (Å²) < 4.78 is 44.1. The molecule has 7 nitrogen and oxygen atoms in total. The Morgan fingerprint density at radius 2 is 1.97 bits per heavy atom. The summed E-state index contributed by atoms with van der Waals surface area (Å²) in [6.07, 6.45) is 2.62. The van der Waals surface area contributed by atoms with Crippen molar-refractivity contribution in [1.29, 1.82) is 0 Å². The first-order chi connectivity index (χ1) is 14.0. The van der Waals surface area contributed by atoms with Gasteiger partial charge in [0.25, 0.3) is 5.89 Å². The zero-order chi connectivity index (χ0) is 20.6. The third-order valence-electron chi connectivity index (χ3n) is 3.65. The van der Waals surface area contributed by atoms with E-state index >= 15 is 0 Å². The molecule has 0 saturated heterocycles. The van der Waals surface area contributed by atoms with Crippen LogP contribution in [0.5, 0.6) is 11.5 Å². The van der Waals surface area contributed by atoms with Crippen molar-refractivity contribution in [3.63, 3.8) is 0 Å². The molecule has 150 valence electrons. The van der Waals surface area contributed by atoms with Crippen LogP contribution in [-0.4, -0.2) is 29.8 Å². The van der Waals surface area contributed by atoms with Gasteiger partial charge in [0.05, 0.1) is 7.11 Å². The van der Waals surface area contributed by atoms with Gasteiger partial charge < -0.3 is 18.7 Å². The zero-order valence-corrected chi connectivity index (χ0v) is 15.2. The third-order valence-corrected chi connectivity index (χ3v) is 3.65. The Labute approximate surface area is 164 Å². The number of nitrogens with zero attached hydrogens (tertiary/aromatic N) is 2. The van der Waals surface area contributed by atoms with Gasteiger partial charge in [-0.1, -0.05) is 41.6 Å². The number of rotatable bonds is 8. The maximum Gasteiger partial charge on any atom is 0.387 e. The molecule has 0 atom stereocenters. The molecular weight excluding hydrogens is 386 g/mol. The molecule has 1 heterocycles. The van der Waals surface area contributed by atoms with Gasteiger partial charge in [0.1, 0.15) is 0 Å². The largest absolute Gasteiger partial charge is 0.493 e. The number of aromatic nitrogens is 2. The van der Waals surface area contributed by atoms with Crippen molar-refractivity contribution in [1.82, 2.24) is 10.1 Å². The molecule has 0 unspecified atom stereocenters. The molecule has 0 fully saturated rings. The number of methoxy groups -OCH3 is 1. The Morgan fingerprint density at radius 1 is 1.17 bits per heavy atom. The fraction of sp³-hybridized carbons (Fsp3) is 0.150. The van der Waals surface area contributed by atoms with Crippen LogP contribution >= 0.6 is 0 Å². The summed E-state index contributed by atoms with van der Waals surface area (Å²) in [7, 11) is 1.32. The van der Waals surface area contributed by atoms with Crippen LogP contribution < -0.4 is 9.47 Å². The third kappa shape index (κ3) is 5.61. The van der Waals surface area contributed by atoms with Gasteiger partial charge in [-0.15, -0.1) is 0 Å². The van der Waals surface area contributed by atoms with Gasteiger partial charge in [-0.05, 0) is 23.8 Å². The van der Waals surface area contributed by atoms with Gasteiger partial charge in [0, 0.05) is 11.6 Å². The molecule has 0 aliphatic heterocycles. The minimum Gasteiger partial charge on any atom is -0.493 e. The highest BCUT2D eigenvalue weighted by molar-refractivity contribution is 5.87. The number of hydrogen-bond donors (Lipinski definition) is 0. The molecule has 0 amide bonds. The standard InChI is InChI=1S/C20H16F2N2O5/c1-26-16-11-13(7-9-15(16)28-20(21)22)8-10-18(25)27-12-17-23-19(24-29-17)14-5-3-2-4-6-14/h2-11,20H,12H2,1H3/b10-8+. The number of esters is 1. The molecule has 0 aliphatic carbocycles. The highest BCUT2D eigenvalue weighted by Crippen LogP contribution is 2.29. The predicted molar refractivity (Wildman–Crippen MR) is 98.2 cm³/mol. The second-order valence-corrected chi connectivity index (χ2v) is 5.61. The molecule has 29 heavy (non-hydrogen) atoms. The van der Waals surface area contributed by atoms with Gasteiger partial charge in [-0.3, -0.25) is 0 Å². The predicted octanol–water partition coefficient (Wildman–Crippen LogP) is 4.10. The number of hydrogen-bond acceptors (Lipinski definition) is 7. The SMILES string of the molecule is COc1cc(/C=C/C(=O)OCc2nc(-c3ccccc3)no2)ccc1OC(F)F. The summed E-state index contributed by atoms with van der Waals surface area (Å²) in [6.45, 7) is -3.15. The van der Waals surface area contributed by atoms with Crippen molar-refractivity contribution >= 4 is 12.0 Å². The van der Waals surface area contributed by atoms with E-state index in [4.69, 9.17) is 14.0 Å². The van der Waals surface area contributed by atoms with Crippen molar-refractivity contribution in [3.05, 3.63) is 66.1 Å². The van der Waals surface area contributed by atoms with Crippen molar-refractivity contribution < 1.29 is 32.3 Å². The van der Waals surface area contributed by atoms with Crippen molar-refractivity contribution in [3.8, 4) is 22.9 Å². The summed E-state index contributed by atoms with van der Waals surface area (Å²) in [5.41, 5.74) is 1.31. The van der Waals surface area contributed by atoms with Crippen LogP contribution in [0.3, 0.4) is 0 Å². The second-order valence-electron chi connectivity index (χ2n) is 5.61. The van der Waals surface area contributed by atoms with Gasteiger partial charge in [-0.25, -0.2) is 4.79 Å². The molecule has 0 saturated carbocycles.